The first-order valence-electron chi connectivity index (χ1n) is 3.72. The number of hydrogen-bond acceptors (Lipinski definition) is 2. The molecule has 1 fully saturated rings. The molecule has 1 saturated heterocycles. The molecule has 3 heteroatoms. The van der Waals surface area contributed by atoms with E-state index in [1.165, 1.54) is 6.42 Å². The third kappa shape index (κ3) is 1.67. The molecule has 10 heavy (non-hydrogen) atoms. The number of hydrogen-bond donors (Lipinski definition) is 1. The van der Waals surface area contributed by atoms with Crippen molar-refractivity contribution < 1.29 is 9.50 Å². The summed E-state index contributed by atoms with van der Waals surface area (Å²) >= 11 is 0. The minimum Gasteiger partial charge on any atom is -0.389 e. The lowest BCUT2D eigenvalue weighted by Gasteiger charge is -2.39. The van der Waals surface area contributed by atoms with Crippen molar-refractivity contribution in [1.29, 1.82) is 0 Å². The standard InChI is InChI=1S/C7H14FNO/c1-6-2-3-9(6)5-7(10)4-8/h6-7,10H,2-5H2,1H3. The fourth-order valence-corrected chi connectivity index (χ4v) is 1.16. The minimum atomic E-state index is -0.775. The van der Waals surface area contributed by atoms with Crippen LogP contribution in [0.2, 0.25) is 0 Å². The quantitative estimate of drug-likeness (QED) is 0.625. The van der Waals surface area contributed by atoms with E-state index in [2.05, 4.69) is 11.8 Å². The second-order valence-corrected chi connectivity index (χ2v) is 2.94. The molecule has 1 aliphatic heterocycles. The Kier molecular flexibility index (Phi) is 2.63. The van der Waals surface area contributed by atoms with E-state index in [4.69, 9.17) is 5.11 Å². The van der Waals surface area contributed by atoms with Crippen LogP contribution in [0.15, 0.2) is 0 Å². The molecule has 1 heterocycles. The maximum atomic E-state index is 11.8. The molecule has 1 N–H and O–H groups in total. The van der Waals surface area contributed by atoms with Crippen LogP contribution in [0.1, 0.15) is 13.3 Å². The van der Waals surface area contributed by atoms with Crippen molar-refractivity contribution in [1.82, 2.24) is 4.90 Å². The number of halogens is 1. The fourth-order valence-electron chi connectivity index (χ4n) is 1.16. The zero-order chi connectivity index (χ0) is 7.56. The van der Waals surface area contributed by atoms with Gasteiger partial charge in [0.25, 0.3) is 0 Å². The lowest BCUT2D eigenvalue weighted by Crippen LogP contribution is -2.49. The third-order valence-corrected chi connectivity index (χ3v) is 2.08. The smallest absolute Gasteiger partial charge is 0.117 e. The van der Waals surface area contributed by atoms with Gasteiger partial charge >= 0.3 is 0 Å². The molecule has 0 aromatic carbocycles. The van der Waals surface area contributed by atoms with Crippen molar-refractivity contribution in [3.05, 3.63) is 0 Å². The first-order chi connectivity index (χ1) is 4.74. The first kappa shape index (κ1) is 7.95. The van der Waals surface area contributed by atoms with E-state index in [0.717, 1.165) is 6.54 Å². The first-order valence-corrected chi connectivity index (χ1v) is 3.72. The van der Waals surface area contributed by atoms with Gasteiger partial charge in [-0.2, -0.15) is 0 Å². The average molecular weight is 147 g/mol. The molecule has 0 amide bonds. The maximum Gasteiger partial charge on any atom is 0.117 e. The second-order valence-electron chi connectivity index (χ2n) is 2.94. The average Bonchev–Trinajstić information content (AvgIpc) is 1.96. The van der Waals surface area contributed by atoms with Gasteiger partial charge in [-0.05, 0) is 13.3 Å². The summed E-state index contributed by atoms with van der Waals surface area (Å²) in [7, 11) is 0. The highest BCUT2D eigenvalue weighted by Crippen LogP contribution is 2.15. The van der Waals surface area contributed by atoms with Gasteiger partial charge in [-0.1, -0.05) is 0 Å². The monoisotopic (exact) mass is 147 g/mol. The summed E-state index contributed by atoms with van der Waals surface area (Å²) in [5.41, 5.74) is 0. The number of rotatable bonds is 3. The summed E-state index contributed by atoms with van der Waals surface area (Å²) in [5.74, 6) is 0. The molecule has 0 spiro atoms. The van der Waals surface area contributed by atoms with Crippen molar-refractivity contribution in [2.45, 2.75) is 25.5 Å². The Morgan fingerprint density at radius 1 is 1.80 bits per heavy atom. The molecule has 2 atom stereocenters. The van der Waals surface area contributed by atoms with Crippen LogP contribution in [-0.4, -0.2) is 41.9 Å². The summed E-state index contributed by atoms with van der Waals surface area (Å²) < 4.78 is 11.8. The number of alkyl halides is 1. The molecular weight excluding hydrogens is 133 g/mol. The van der Waals surface area contributed by atoms with Crippen LogP contribution in [0.4, 0.5) is 4.39 Å². The molecule has 0 bridgehead atoms. The molecule has 60 valence electrons. The number of nitrogens with zero attached hydrogens (tertiary/aromatic N) is 1. The van der Waals surface area contributed by atoms with Gasteiger partial charge in [0.1, 0.15) is 6.67 Å². The van der Waals surface area contributed by atoms with Crippen molar-refractivity contribution in [2.24, 2.45) is 0 Å². The number of β-amino-alcohol motifs (C(OH)–C–C–N with tert-alkyl or cyclic N) is 1. The number of aliphatic hydroxyl groups is 1. The Balaban J connectivity index is 2.12. The predicted octanol–water partition coefficient (Wildman–Crippen LogP) is 0.411. The molecule has 0 aromatic heterocycles. The Morgan fingerprint density at radius 3 is 2.80 bits per heavy atom. The predicted molar refractivity (Wildman–Crippen MR) is 37.6 cm³/mol. The highest BCUT2D eigenvalue weighted by Gasteiger charge is 2.24. The van der Waals surface area contributed by atoms with Crippen LogP contribution in [0.5, 0.6) is 0 Å². The van der Waals surface area contributed by atoms with Crippen LogP contribution in [0.3, 0.4) is 0 Å². The van der Waals surface area contributed by atoms with Crippen LogP contribution in [0, 0.1) is 0 Å². The van der Waals surface area contributed by atoms with Gasteiger partial charge < -0.3 is 5.11 Å². The normalized spacial score (nSPS) is 29.7. The fraction of sp³-hybridized carbons (Fsp3) is 1.00. The Bertz CT molecular complexity index is 110. The van der Waals surface area contributed by atoms with E-state index in [1.54, 1.807) is 0 Å². The van der Waals surface area contributed by atoms with Gasteiger partial charge in [-0.25, -0.2) is 4.39 Å². The highest BCUT2D eigenvalue weighted by molar-refractivity contribution is 4.80. The van der Waals surface area contributed by atoms with Crippen LogP contribution < -0.4 is 0 Å². The zero-order valence-corrected chi connectivity index (χ0v) is 6.26. The molecule has 0 saturated carbocycles. The van der Waals surface area contributed by atoms with Crippen LogP contribution in [-0.2, 0) is 0 Å². The molecule has 0 radical (unpaired) electrons. The summed E-state index contributed by atoms with van der Waals surface area (Å²) in [5, 5.41) is 8.89. The van der Waals surface area contributed by atoms with Gasteiger partial charge in [-0.3, -0.25) is 4.90 Å². The van der Waals surface area contributed by atoms with Crippen LogP contribution >= 0.6 is 0 Å². The highest BCUT2D eigenvalue weighted by atomic mass is 19.1. The Morgan fingerprint density at radius 2 is 2.50 bits per heavy atom. The van der Waals surface area contributed by atoms with Gasteiger partial charge in [0, 0.05) is 19.1 Å². The largest absolute Gasteiger partial charge is 0.389 e. The molecular formula is C7H14FNO. The molecule has 2 unspecified atom stereocenters. The van der Waals surface area contributed by atoms with Crippen molar-refractivity contribution in [2.75, 3.05) is 19.8 Å². The SMILES string of the molecule is CC1CCN1CC(O)CF. The van der Waals surface area contributed by atoms with Crippen molar-refractivity contribution in [3.8, 4) is 0 Å². The van der Waals surface area contributed by atoms with E-state index < -0.39 is 12.8 Å². The van der Waals surface area contributed by atoms with Crippen molar-refractivity contribution >= 4 is 0 Å². The molecule has 2 nitrogen and oxygen atoms in total. The van der Waals surface area contributed by atoms with E-state index in [9.17, 15) is 4.39 Å². The number of likely N-dealkylation sites (tertiary alicyclic amines) is 1. The van der Waals surface area contributed by atoms with Gasteiger partial charge in [0.15, 0.2) is 0 Å². The Labute approximate surface area is 60.6 Å². The van der Waals surface area contributed by atoms with E-state index in [1.807, 2.05) is 0 Å². The van der Waals surface area contributed by atoms with Crippen LogP contribution in [0.25, 0.3) is 0 Å². The minimum absolute atomic E-state index is 0.498. The number of aliphatic hydroxyl groups excluding tert-OH is 1. The zero-order valence-electron chi connectivity index (χ0n) is 6.26. The second kappa shape index (κ2) is 3.30. The molecule has 1 rings (SSSR count). The summed E-state index contributed by atoms with van der Waals surface area (Å²) in [6, 6.07) is 0.543. The lowest BCUT2D eigenvalue weighted by atomic mass is 10.1. The van der Waals surface area contributed by atoms with E-state index in [0.29, 0.717) is 12.6 Å². The molecule has 1 aliphatic rings. The maximum absolute atomic E-state index is 11.8. The summed E-state index contributed by atoms with van der Waals surface area (Å²) in [6.45, 7) is 2.98. The van der Waals surface area contributed by atoms with Gasteiger partial charge in [0.2, 0.25) is 0 Å². The van der Waals surface area contributed by atoms with Gasteiger partial charge in [-0.15, -0.1) is 0 Å². The lowest BCUT2D eigenvalue weighted by molar-refractivity contribution is 0.0292. The summed E-state index contributed by atoms with van der Waals surface area (Å²) in [6.07, 6.45) is 0.404. The summed E-state index contributed by atoms with van der Waals surface area (Å²) in [4.78, 5) is 2.09. The van der Waals surface area contributed by atoms with Gasteiger partial charge in [0.05, 0.1) is 6.10 Å². The van der Waals surface area contributed by atoms with E-state index in [-0.39, 0.29) is 0 Å². The topological polar surface area (TPSA) is 23.5 Å². The molecule has 0 aliphatic carbocycles. The van der Waals surface area contributed by atoms with E-state index >= 15 is 0 Å². The molecule has 0 aromatic rings. The van der Waals surface area contributed by atoms with Crippen molar-refractivity contribution in [3.63, 3.8) is 0 Å². The third-order valence-electron chi connectivity index (χ3n) is 2.08. The Hall–Kier alpha value is -0.150.